The number of aryl methyl sites for hydroxylation is 2. The highest BCUT2D eigenvalue weighted by atomic mass is 32.2. The Bertz CT molecular complexity index is 648. The van der Waals surface area contributed by atoms with Crippen molar-refractivity contribution in [3.05, 3.63) is 52.2 Å². The third-order valence-corrected chi connectivity index (χ3v) is 6.30. The second-order valence-electron chi connectivity index (χ2n) is 7.22. The van der Waals surface area contributed by atoms with Crippen LogP contribution in [0.25, 0.3) is 0 Å². The Morgan fingerprint density at radius 2 is 1.92 bits per heavy atom. The van der Waals surface area contributed by atoms with Gasteiger partial charge in [-0.2, -0.15) is 0 Å². The van der Waals surface area contributed by atoms with Crippen LogP contribution in [0.2, 0.25) is 0 Å². The van der Waals surface area contributed by atoms with Gasteiger partial charge in [0, 0.05) is 18.3 Å². The van der Waals surface area contributed by atoms with Gasteiger partial charge < -0.3 is 10.0 Å². The molecule has 3 nitrogen and oxygen atoms in total. The van der Waals surface area contributed by atoms with E-state index in [1.165, 1.54) is 68.3 Å². The molecule has 3 aliphatic rings. The first-order valence-corrected chi connectivity index (χ1v) is 10.0. The summed E-state index contributed by atoms with van der Waals surface area (Å²) in [7, 11) is 2.17. The molecular weight excluding hydrogens is 314 g/mol. The first kappa shape index (κ1) is 16.1. The van der Waals surface area contributed by atoms with Crippen molar-refractivity contribution in [3.8, 4) is 0 Å². The van der Waals surface area contributed by atoms with Crippen LogP contribution in [0.5, 0.6) is 0 Å². The Kier molecular flexibility index (Phi) is 4.59. The van der Waals surface area contributed by atoms with Crippen LogP contribution in [0.3, 0.4) is 0 Å². The second kappa shape index (κ2) is 6.85. The third-order valence-electron chi connectivity index (χ3n) is 5.64. The number of anilines is 1. The van der Waals surface area contributed by atoms with E-state index in [1.807, 2.05) is 0 Å². The lowest BCUT2D eigenvalue weighted by atomic mass is 9.99. The fraction of sp³-hybridized carbons (Fsp3) is 0.500. The van der Waals surface area contributed by atoms with Crippen molar-refractivity contribution >= 4 is 17.6 Å². The molecule has 0 amide bonds. The average Bonchev–Trinajstić information content (AvgIpc) is 3.21. The largest absolute Gasteiger partial charge is 0.341 e. The number of nitrogens with zero attached hydrogens (tertiary/aromatic N) is 1. The minimum atomic E-state index is 0.612. The zero-order chi connectivity index (χ0) is 16.5. The summed E-state index contributed by atoms with van der Waals surface area (Å²) in [5, 5.41) is 5.74. The summed E-state index contributed by atoms with van der Waals surface area (Å²) < 4.78 is 3.34. The zero-order valence-corrected chi connectivity index (χ0v) is 15.3. The molecule has 0 aromatic heterocycles. The van der Waals surface area contributed by atoms with Crippen molar-refractivity contribution in [2.45, 2.75) is 51.0 Å². The van der Waals surface area contributed by atoms with Crippen LogP contribution in [0, 0.1) is 0 Å². The minimum absolute atomic E-state index is 0.612. The smallest absolute Gasteiger partial charge is 0.106 e. The summed E-state index contributed by atoms with van der Waals surface area (Å²) in [6.07, 6.45) is 11.0. The molecule has 4 rings (SSSR count). The first-order valence-electron chi connectivity index (χ1n) is 9.13. The van der Waals surface area contributed by atoms with Gasteiger partial charge in [0.25, 0.3) is 0 Å². The van der Waals surface area contributed by atoms with E-state index in [9.17, 15) is 0 Å². The van der Waals surface area contributed by atoms with Gasteiger partial charge in [0.1, 0.15) is 5.82 Å². The predicted molar refractivity (Wildman–Crippen MR) is 104 cm³/mol. The van der Waals surface area contributed by atoms with E-state index in [-0.39, 0.29) is 0 Å². The van der Waals surface area contributed by atoms with Crippen LogP contribution in [-0.4, -0.2) is 24.5 Å². The molecule has 2 aliphatic carbocycles. The van der Waals surface area contributed by atoms with Crippen LogP contribution >= 0.6 is 11.9 Å². The highest BCUT2D eigenvalue weighted by molar-refractivity contribution is 8.00. The lowest BCUT2D eigenvalue weighted by Gasteiger charge is -2.35. The van der Waals surface area contributed by atoms with Gasteiger partial charge in [-0.15, -0.1) is 0 Å². The Hall–Kier alpha value is -1.39. The molecule has 1 unspecified atom stereocenters. The van der Waals surface area contributed by atoms with E-state index in [4.69, 9.17) is 0 Å². The Balaban J connectivity index is 1.39. The third kappa shape index (κ3) is 3.09. The van der Waals surface area contributed by atoms with Crippen molar-refractivity contribution in [1.82, 2.24) is 9.62 Å². The van der Waals surface area contributed by atoms with E-state index in [0.29, 0.717) is 6.04 Å². The van der Waals surface area contributed by atoms with Gasteiger partial charge in [0.05, 0.1) is 0 Å². The van der Waals surface area contributed by atoms with E-state index in [1.54, 1.807) is 23.1 Å². The van der Waals surface area contributed by atoms with Crippen LogP contribution < -0.4 is 10.0 Å². The fourth-order valence-corrected chi connectivity index (χ4v) is 4.68. The Labute approximate surface area is 149 Å². The van der Waals surface area contributed by atoms with Gasteiger partial charge in [0.15, 0.2) is 0 Å². The number of likely N-dealkylation sites (N-methyl/N-ethyl adjacent to an activating group) is 1. The molecule has 1 aromatic rings. The summed E-state index contributed by atoms with van der Waals surface area (Å²) in [5.74, 6) is 0.890. The van der Waals surface area contributed by atoms with Gasteiger partial charge in [-0.05, 0) is 91.6 Å². The van der Waals surface area contributed by atoms with Gasteiger partial charge in [-0.3, -0.25) is 4.90 Å². The van der Waals surface area contributed by atoms with Gasteiger partial charge in [-0.1, -0.05) is 18.7 Å². The first-order chi connectivity index (χ1) is 11.7. The molecule has 24 heavy (non-hydrogen) atoms. The molecule has 1 heterocycles. The molecule has 1 saturated heterocycles. The van der Waals surface area contributed by atoms with E-state index in [2.05, 4.69) is 46.1 Å². The van der Waals surface area contributed by atoms with E-state index >= 15 is 0 Å². The van der Waals surface area contributed by atoms with Gasteiger partial charge in [0.2, 0.25) is 0 Å². The molecule has 1 fully saturated rings. The summed E-state index contributed by atoms with van der Waals surface area (Å²) in [6.45, 7) is 5.39. The SMILES string of the molecule is C=C(NS/C=C/C1CCN1C)Nc1c2c(cc3c1CCC3)CCC2. The topological polar surface area (TPSA) is 27.3 Å². The van der Waals surface area contributed by atoms with Gasteiger partial charge in [-0.25, -0.2) is 0 Å². The lowest BCUT2D eigenvalue weighted by Crippen LogP contribution is -2.42. The van der Waals surface area contributed by atoms with Crippen LogP contribution in [-0.2, 0) is 25.7 Å². The van der Waals surface area contributed by atoms with Crippen molar-refractivity contribution < 1.29 is 0 Å². The van der Waals surface area contributed by atoms with Crippen molar-refractivity contribution in [2.75, 3.05) is 18.9 Å². The monoisotopic (exact) mass is 341 g/mol. The lowest BCUT2D eigenvalue weighted by molar-refractivity contribution is 0.166. The molecule has 0 bridgehead atoms. The van der Waals surface area contributed by atoms with Crippen LogP contribution in [0.4, 0.5) is 5.69 Å². The number of benzene rings is 1. The summed E-state index contributed by atoms with van der Waals surface area (Å²) in [5.41, 5.74) is 7.56. The molecule has 0 spiro atoms. The number of hydrogen-bond donors (Lipinski definition) is 2. The predicted octanol–water partition coefficient (Wildman–Crippen LogP) is 4.00. The summed E-state index contributed by atoms with van der Waals surface area (Å²) in [6, 6.07) is 3.08. The summed E-state index contributed by atoms with van der Waals surface area (Å²) >= 11 is 1.61. The molecule has 0 radical (unpaired) electrons. The molecule has 1 aliphatic heterocycles. The quantitative estimate of drug-likeness (QED) is 0.765. The number of hydrogen-bond acceptors (Lipinski definition) is 4. The highest BCUT2D eigenvalue weighted by Crippen LogP contribution is 2.39. The van der Waals surface area contributed by atoms with Crippen molar-refractivity contribution in [1.29, 1.82) is 0 Å². The molecule has 128 valence electrons. The van der Waals surface area contributed by atoms with Crippen LogP contribution in [0.1, 0.15) is 41.5 Å². The minimum Gasteiger partial charge on any atom is -0.341 e. The molecule has 0 saturated carbocycles. The molecular formula is C20H27N3S. The van der Waals surface area contributed by atoms with Crippen molar-refractivity contribution in [3.63, 3.8) is 0 Å². The standard InChI is InChI=1S/C20H27N3S/c1-14(22-24-12-10-17-9-11-23(17)2)21-20-18-7-3-5-15(18)13-16-6-4-8-19(16)20/h10,12-13,17,21-22H,1,3-9,11H2,2H3/b12-10+. The van der Waals surface area contributed by atoms with E-state index in [0.717, 1.165) is 5.82 Å². The zero-order valence-electron chi connectivity index (χ0n) is 14.5. The second-order valence-corrected chi connectivity index (χ2v) is 7.93. The maximum Gasteiger partial charge on any atom is 0.106 e. The number of fused-ring (bicyclic) bond motifs is 2. The van der Waals surface area contributed by atoms with E-state index < -0.39 is 0 Å². The average molecular weight is 342 g/mol. The summed E-state index contributed by atoms with van der Waals surface area (Å²) in [4.78, 5) is 2.36. The number of rotatable bonds is 6. The molecule has 1 aromatic carbocycles. The fourth-order valence-electron chi connectivity index (χ4n) is 4.16. The number of likely N-dealkylation sites (tertiary alicyclic amines) is 1. The molecule has 2 N–H and O–H groups in total. The Morgan fingerprint density at radius 1 is 1.21 bits per heavy atom. The molecule has 1 atom stereocenters. The van der Waals surface area contributed by atoms with Crippen molar-refractivity contribution in [2.24, 2.45) is 0 Å². The highest BCUT2D eigenvalue weighted by Gasteiger charge is 2.24. The number of nitrogens with one attached hydrogen (secondary N) is 2. The van der Waals surface area contributed by atoms with Gasteiger partial charge >= 0.3 is 0 Å². The Morgan fingerprint density at radius 3 is 2.50 bits per heavy atom. The maximum atomic E-state index is 4.18. The van der Waals surface area contributed by atoms with Crippen LogP contribution in [0.15, 0.2) is 30.0 Å². The maximum absolute atomic E-state index is 4.18. The molecule has 4 heteroatoms. The normalized spacial score (nSPS) is 22.3.